The molecule has 0 aliphatic carbocycles. The van der Waals surface area contributed by atoms with E-state index in [9.17, 15) is 9.59 Å². The molecule has 0 saturated heterocycles. The normalized spacial score (nSPS) is 10.5. The molecule has 1 aromatic heterocycles. The molecular formula is C17H15ClN4O2S. The number of nitrogens with zero attached hydrogens (tertiary/aromatic N) is 2. The van der Waals surface area contributed by atoms with E-state index in [1.54, 1.807) is 24.3 Å². The molecule has 0 fully saturated rings. The standard InChI is InChI=1S/C17H15ClN4O2S/c1-22(10-15(23)19-12-7-3-2-6-11(12)18)17(24)21-16-20-13-8-4-5-9-14(13)25-16/h2-9H,10H2,1H3,(H,19,23)(H,20,21,24). The van der Waals surface area contributed by atoms with Crippen LogP contribution < -0.4 is 10.6 Å². The average Bonchev–Trinajstić information content (AvgIpc) is 2.99. The minimum Gasteiger partial charge on any atom is -0.323 e. The van der Waals surface area contributed by atoms with Gasteiger partial charge in [0.2, 0.25) is 5.91 Å². The van der Waals surface area contributed by atoms with Gasteiger partial charge in [0.25, 0.3) is 0 Å². The molecule has 25 heavy (non-hydrogen) atoms. The maximum atomic E-state index is 12.2. The number of aromatic nitrogens is 1. The number of halogens is 1. The van der Waals surface area contributed by atoms with Gasteiger partial charge >= 0.3 is 6.03 Å². The summed E-state index contributed by atoms with van der Waals surface area (Å²) in [6, 6.07) is 14.1. The third kappa shape index (κ3) is 4.26. The summed E-state index contributed by atoms with van der Waals surface area (Å²) in [5, 5.41) is 6.31. The first-order valence-corrected chi connectivity index (χ1v) is 8.64. The van der Waals surface area contributed by atoms with Crippen molar-refractivity contribution in [1.29, 1.82) is 0 Å². The van der Waals surface area contributed by atoms with E-state index in [4.69, 9.17) is 11.6 Å². The summed E-state index contributed by atoms with van der Waals surface area (Å²) < 4.78 is 0.983. The molecule has 128 valence electrons. The zero-order chi connectivity index (χ0) is 17.8. The van der Waals surface area contributed by atoms with Crippen molar-refractivity contribution in [2.45, 2.75) is 0 Å². The second-order valence-corrected chi connectivity index (χ2v) is 6.74. The number of hydrogen-bond acceptors (Lipinski definition) is 4. The summed E-state index contributed by atoms with van der Waals surface area (Å²) in [6.45, 7) is -0.109. The molecule has 2 N–H and O–H groups in total. The van der Waals surface area contributed by atoms with Gasteiger partial charge in [-0.2, -0.15) is 0 Å². The van der Waals surface area contributed by atoms with E-state index >= 15 is 0 Å². The molecule has 2 aromatic carbocycles. The van der Waals surface area contributed by atoms with Crippen LogP contribution in [0.2, 0.25) is 5.02 Å². The van der Waals surface area contributed by atoms with E-state index < -0.39 is 6.03 Å². The van der Waals surface area contributed by atoms with E-state index in [0.717, 1.165) is 10.2 Å². The minimum atomic E-state index is -0.409. The van der Waals surface area contributed by atoms with Gasteiger partial charge in [-0.05, 0) is 24.3 Å². The molecule has 6 nitrogen and oxygen atoms in total. The Bertz CT molecular complexity index is 895. The van der Waals surface area contributed by atoms with E-state index in [-0.39, 0.29) is 12.5 Å². The quantitative estimate of drug-likeness (QED) is 0.723. The summed E-state index contributed by atoms with van der Waals surface area (Å²) >= 11 is 7.38. The average molecular weight is 375 g/mol. The maximum Gasteiger partial charge on any atom is 0.323 e. The van der Waals surface area contributed by atoms with E-state index in [2.05, 4.69) is 15.6 Å². The second kappa shape index (κ2) is 7.50. The topological polar surface area (TPSA) is 74.3 Å². The van der Waals surface area contributed by atoms with Crippen LogP contribution in [-0.2, 0) is 4.79 Å². The molecule has 0 spiro atoms. The lowest BCUT2D eigenvalue weighted by atomic mass is 10.3. The Morgan fingerprint density at radius 3 is 2.60 bits per heavy atom. The lowest BCUT2D eigenvalue weighted by Gasteiger charge is -2.16. The van der Waals surface area contributed by atoms with Crippen molar-refractivity contribution in [2.24, 2.45) is 0 Å². The third-order valence-corrected chi connectivity index (χ3v) is 4.66. The maximum absolute atomic E-state index is 12.2. The van der Waals surface area contributed by atoms with Crippen LogP contribution in [-0.4, -0.2) is 35.4 Å². The highest BCUT2D eigenvalue weighted by Crippen LogP contribution is 2.25. The number of thiazole rings is 1. The number of benzene rings is 2. The Kier molecular flexibility index (Phi) is 5.16. The molecule has 3 amide bonds. The largest absolute Gasteiger partial charge is 0.323 e. The molecular weight excluding hydrogens is 360 g/mol. The number of rotatable bonds is 4. The lowest BCUT2D eigenvalue weighted by molar-refractivity contribution is -0.116. The van der Waals surface area contributed by atoms with Crippen LogP contribution in [0.1, 0.15) is 0 Å². The van der Waals surface area contributed by atoms with Crippen LogP contribution in [0.3, 0.4) is 0 Å². The van der Waals surface area contributed by atoms with Crippen LogP contribution in [0, 0.1) is 0 Å². The Labute approximate surface area is 153 Å². The fraction of sp³-hybridized carbons (Fsp3) is 0.118. The molecule has 1 heterocycles. The third-order valence-electron chi connectivity index (χ3n) is 3.38. The highest BCUT2D eigenvalue weighted by atomic mass is 35.5. The van der Waals surface area contributed by atoms with Crippen LogP contribution >= 0.6 is 22.9 Å². The van der Waals surface area contributed by atoms with Gasteiger partial charge < -0.3 is 10.2 Å². The van der Waals surface area contributed by atoms with Gasteiger partial charge in [0.1, 0.15) is 6.54 Å². The molecule has 0 bridgehead atoms. The van der Waals surface area contributed by atoms with E-state index in [1.807, 2.05) is 24.3 Å². The number of hydrogen-bond donors (Lipinski definition) is 2. The molecule has 0 radical (unpaired) electrons. The van der Waals surface area contributed by atoms with Gasteiger partial charge in [-0.25, -0.2) is 9.78 Å². The zero-order valence-electron chi connectivity index (χ0n) is 13.3. The monoisotopic (exact) mass is 374 g/mol. The molecule has 3 aromatic rings. The predicted molar refractivity (Wildman–Crippen MR) is 101 cm³/mol. The van der Waals surface area contributed by atoms with E-state index in [0.29, 0.717) is 15.8 Å². The number of para-hydroxylation sites is 2. The SMILES string of the molecule is CN(CC(=O)Nc1ccccc1Cl)C(=O)Nc1nc2ccccc2s1. The van der Waals surface area contributed by atoms with Gasteiger partial charge in [0.15, 0.2) is 5.13 Å². The highest BCUT2D eigenvalue weighted by molar-refractivity contribution is 7.22. The molecule has 0 aliphatic heterocycles. The van der Waals surface area contributed by atoms with Crippen LogP contribution in [0.15, 0.2) is 48.5 Å². The Morgan fingerprint density at radius 2 is 1.84 bits per heavy atom. The first-order valence-electron chi connectivity index (χ1n) is 7.45. The van der Waals surface area contributed by atoms with Gasteiger partial charge in [0.05, 0.1) is 20.9 Å². The first-order chi connectivity index (χ1) is 12.0. The summed E-state index contributed by atoms with van der Waals surface area (Å²) in [5.74, 6) is -0.338. The summed E-state index contributed by atoms with van der Waals surface area (Å²) in [5.41, 5.74) is 1.33. The fourth-order valence-corrected chi connectivity index (χ4v) is 3.19. The number of fused-ring (bicyclic) bond motifs is 1. The number of carbonyl (C=O) groups excluding carboxylic acids is 2. The molecule has 0 saturated carbocycles. The van der Waals surface area contributed by atoms with E-state index in [1.165, 1.54) is 23.3 Å². The summed E-state index contributed by atoms with van der Waals surface area (Å²) in [6.07, 6.45) is 0. The van der Waals surface area contributed by atoms with Crippen molar-refractivity contribution in [2.75, 3.05) is 24.2 Å². The van der Waals surface area contributed by atoms with Crippen molar-refractivity contribution >= 4 is 55.9 Å². The molecule has 0 unspecified atom stereocenters. The smallest absolute Gasteiger partial charge is 0.323 e. The second-order valence-electron chi connectivity index (χ2n) is 5.30. The van der Waals surface area contributed by atoms with Crippen molar-refractivity contribution in [3.63, 3.8) is 0 Å². The number of urea groups is 1. The number of anilines is 2. The van der Waals surface area contributed by atoms with Gasteiger partial charge in [-0.15, -0.1) is 0 Å². The van der Waals surface area contributed by atoms with Crippen molar-refractivity contribution in [3.05, 3.63) is 53.6 Å². The first kappa shape index (κ1) is 17.2. The number of carbonyl (C=O) groups is 2. The minimum absolute atomic E-state index is 0.109. The zero-order valence-corrected chi connectivity index (χ0v) is 14.9. The van der Waals surface area contributed by atoms with Crippen molar-refractivity contribution < 1.29 is 9.59 Å². The van der Waals surface area contributed by atoms with Gasteiger partial charge in [-0.3, -0.25) is 10.1 Å². The van der Waals surface area contributed by atoms with Crippen LogP contribution in [0.25, 0.3) is 10.2 Å². The highest BCUT2D eigenvalue weighted by Gasteiger charge is 2.15. The molecule has 8 heteroatoms. The summed E-state index contributed by atoms with van der Waals surface area (Å²) in [4.78, 5) is 29.9. The molecule has 0 aliphatic rings. The Hall–Kier alpha value is -2.64. The van der Waals surface area contributed by atoms with Crippen molar-refractivity contribution in [1.82, 2.24) is 9.88 Å². The van der Waals surface area contributed by atoms with Crippen LogP contribution in [0.4, 0.5) is 15.6 Å². The Morgan fingerprint density at radius 1 is 1.12 bits per heavy atom. The molecule has 3 rings (SSSR count). The predicted octanol–water partition coefficient (Wildman–Crippen LogP) is 4.05. The number of amides is 3. The number of likely N-dealkylation sites (N-methyl/N-ethyl adjacent to an activating group) is 1. The number of nitrogens with one attached hydrogen (secondary N) is 2. The Balaban J connectivity index is 1.58. The fourth-order valence-electron chi connectivity index (χ4n) is 2.15. The van der Waals surface area contributed by atoms with Gasteiger partial charge in [0, 0.05) is 7.05 Å². The van der Waals surface area contributed by atoms with Crippen molar-refractivity contribution in [3.8, 4) is 0 Å². The van der Waals surface area contributed by atoms with Crippen LogP contribution in [0.5, 0.6) is 0 Å². The van der Waals surface area contributed by atoms with Gasteiger partial charge in [-0.1, -0.05) is 47.2 Å². The summed E-state index contributed by atoms with van der Waals surface area (Å²) in [7, 11) is 1.54. The molecule has 0 atom stereocenters. The lowest BCUT2D eigenvalue weighted by Crippen LogP contribution is -2.37.